The van der Waals surface area contributed by atoms with Gasteiger partial charge in [0.05, 0.1) is 12.8 Å². The van der Waals surface area contributed by atoms with Gasteiger partial charge in [-0.05, 0) is 31.0 Å². The second-order valence-corrected chi connectivity index (χ2v) is 4.78. The SMILES string of the molecule is CCOP(=O)(CCNCCCN)OF. The van der Waals surface area contributed by atoms with Gasteiger partial charge in [0.15, 0.2) is 0 Å². The molecule has 0 saturated carbocycles. The highest BCUT2D eigenvalue weighted by atomic mass is 31.2. The fraction of sp³-hybridized carbons (Fsp3) is 1.00. The van der Waals surface area contributed by atoms with Gasteiger partial charge in [-0.1, -0.05) is 0 Å². The molecule has 1 atom stereocenters. The summed E-state index contributed by atoms with van der Waals surface area (Å²) < 4.78 is 31.2. The summed E-state index contributed by atoms with van der Waals surface area (Å²) in [6.45, 7) is 3.50. The zero-order valence-corrected chi connectivity index (χ0v) is 9.26. The molecule has 0 bridgehead atoms. The van der Waals surface area contributed by atoms with Crippen molar-refractivity contribution >= 4 is 7.60 Å². The zero-order chi connectivity index (χ0) is 10.9. The van der Waals surface area contributed by atoms with Crippen molar-refractivity contribution in [1.29, 1.82) is 0 Å². The van der Waals surface area contributed by atoms with E-state index in [1.807, 2.05) is 0 Å². The predicted octanol–water partition coefficient (Wildman–Crippen LogP) is 1.06. The van der Waals surface area contributed by atoms with Gasteiger partial charge in [-0.15, -0.1) is 4.73 Å². The molecule has 0 aliphatic heterocycles. The molecule has 0 aliphatic carbocycles. The molecule has 7 heteroatoms. The quantitative estimate of drug-likeness (QED) is 0.456. The minimum absolute atomic E-state index is 0.0297. The molecule has 14 heavy (non-hydrogen) atoms. The van der Waals surface area contributed by atoms with Crippen molar-refractivity contribution in [3.63, 3.8) is 0 Å². The van der Waals surface area contributed by atoms with E-state index in [1.54, 1.807) is 6.92 Å². The first-order valence-corrected chi connectivity index (χ1v) is 6.36. The van der Waals surface area contributed by atoms with Gasteiger partial charge in [-0.3, -0.25) is 4.57 Å². The van der Waals surface area contributed by atoms with Crippen LogP contribution in [0.3, 0.4) is 0 Å². The largest absolute Gasteiger partial charge is 0.364 e. The molecule has 0 fully saturated rings. The molecule has 0 radical (unpaired) electrons. The molecule has 0 saturated heterocycles. The second-order valence-electron chi connectivity index (χ2n) is 2.71. The van der Waals surface area contributed by atoms with Crippen LogP contribution in [0.2, 0.25) is 0 Å². The zero-order valence-electron chi connectivity index (χ0n) is 8.37. The molecular weight excluding hydrogens is 210 g/mol. The third kappa shape index (κ3) is 6.45. The summed E-state index contributed by atoms with van der Waals surface area (Å²) in [5, 5.41) is 2.96. The average molecular weight is 228 g/mol. The van der Waals surface area contributed by atoms with Gasteiger partial charge in [-0.2, -0.15) is 0 Å². The maximum Gasteiger partial charge on any atom is 0.364 e. The Morgan fingerprint density at radius 2 is 2.21 bits per heavy atom. The maximum absolute atomic E-state index is 11.9. The Balaban J connectivity index is 3.57. The fourth-order valence-electron chi connectivity index (χ4n) is 0.884. The lowest BCUT2D eigenvalue weighted by Gasteiger charge is -2.12. The van der Waals surface area contributed by atoms with Crippen LogP contribution >= 0.6 is 7.60 Å². The molecule has 0 aromatic rings. The third-order valence-electron chi connectivity index (χ3n) is 1.55. The van der Waals surface area contributed by atoms with Crippen molar-refractivity contribution in [3.05, 3.63) is 0 Å². The molecule has 0 aromatic heterocycles. The first-order chi connectivity index (χ1) is 6.68. The lowest BCUT2D eigenvalue weighted by atomic mass is 10.4. The smallest absolute Gasteiger partial charge is 0.330 e. The first kappa shape index (κ1) is 14.0. The predicted molar refractivity (Wildman–Crippen MR) is 52.8 cm³/mol. The number of nitrogens with one attached hydrogen (secondary N) is 1. The summed E-state index contributed by atoms with van der Waals surface area (Å²) in [4.78, 5) is 0. The third-order valence-corrected chi connectivity index (χ3v) is 3.18. The van der Waals surface area contributed by atoms with Crippen LogP contribution in [0.5, 0.6) is 0 Å². The van der Waals surface area contributed by atoms with Crippen molar-refractivity contribution in [2.75, 3.05) is 32.4 Å². The van der Waals surface area contributed by atoms with Crippen LogP contribution in [0.15, 0.2) is 0 Å². The van der Waals surface area contributed by atoms with E-state index >= 15 is 0 Å². The van der Waals surface area contributed by atoms with Gasteiger partial charge in [-0.25, -0.2) is 0 Å². The normalized spacial score (nSPS) is 15.4. The van der Waals surface area contributed by atoms with Gasteiger partial charge >= 0.3 is 7.60 Å². The Bertz CT molecular complexity index is 182. The summed E-state index contributed by atoms with van der Waals surface area (Å²) in [6.07, 6.45) is 0.858. The van der Waals surface area contributed by atoms with Gasteiger partial charge in [0.25, 0.3) is 0 Å². The highest BCUT2D eigenvalue weighted by Gasteiger charge is 2.24. The van der Waals surface area contributed by atoms with E-state index in [2.05, 4.69) is 14.6 Å². The van der Waals surface area contributed by atoms with Crippen LogP contribution < -0.4 is 11.1 Å². The Morgan fingerprint density at radius 1 is 1.50 bits per heavy atom. The molecule has 0 aromatic carbocycles. The van der Waals surface area contributed by atoms with E-state index in [4.69, 9.17) is 5.73 Å². The van der Waals surface area contributed by atoms with E-state index in [0.29, 0.717) is 13.1 Å². The van der Waals surface area contributed by atoms with E-state index in [0.717, 1.165) is 13.0 Å². The summed E-state index contributed by atoms with van der Waals surface area (Å²) in [5.74, 6) is 0. The molecule has 0 amide bonds. The summed E-state index contributed by atoms with van der Waals surface area (Å²) in [6, 6.07) is 0. The van der Waals surface area contributed by atoms with Crippen LogP contribution in [-0.2, 0) is 13.8 Å². The lowest BCUT2D eigenvalue weighted by molar-refractivity contribution is -0.0255. The highest BCUT2D eigenvalue weighted by molar-refractivity contribution is 7.53. The molecule has 1 unspecified atom stereocenters. The summed E-state index contributed by atoms with van der Waals surface area (Å²) >= 11 is 0. The molecule has 0 heterocycles. The minimum Gasteiger partial charge on any atom is -0.330 e. The lowest BCUT2D eigenvalue weighted by Crippen LogP contribution is -2.22. The van der Waals surface area contributed by atoms with E-state index in [9.17, 15) is 9.09 Å². The van der Waals surface area contributed by atoms with Crippen LogP contribution in [0.25, 0.3) is 0 Å². The Labute approximate surface area is 83.6 Å². The molecule has 0 rings (SSSR count). The summed E-state index contributed by atoms with van der Waals surface area (Å²) in [5.41, 5.74) is 5.27. The van der Waals surface area contributed by atoms with Crippen LogP contribution in [0, 0.1) is 0 Å². The molecular formula is C7H18FN2O3P. The van der Waals surface area contributed by atoms with Gasteiger partial charge in [0, 0.05) is 6.54 Å². The van der Waals surface area contributed by atoms with Crippen molar-refractivity contribution in [2.24, 2.45) is 5.73 Å². The molecule has 3 N–H and O–H groups in total. The maximum atomic E-state index is 11.9. The summed E-state index contributed by atoms with van der Waals surface area (Å²) in [7, 11) is -3.51. The number of nitrogens with two attached hydrogens (primary N) is 1. The van der Waals surface area contributed by atoms with Crippen LogP contribution in [0.4, 0.5) is 4.53 Å². The number of rotatable bonds is 9. The van der Waals surface area contributed by atoms with E-state index in [-0.39, 0.29) is 12.8 Å². The number of halogens is 1. The van der Waals surface area contributed by atoms with Gasteiger partial charge < -0.3 is 15.6 Å². The van der Waals surface area contributed by atoms with Crippen LogP contribution in [0.1, 0.15) is 13.3 Å². The number of hydrogen-bond acceptors (Lipinski definition) is 5. The Kier molecular flexibility index (Phi) is 8.32. The van der Waals surface area contributed by atoms with Crippen LogP contribution in [-0.4, -0.2) is 32.4 Å². The minimum atomic E-state index is -3.51. The van der Waals surface area contributed by atoms with E-state index in [1.165, 1.54) is 0 Å². The topological polar surface area (TPSA) is 73.6 Å². The highest BCUT2D eigenvalue weighted by Crippen LogP contribution is 2.47. The fourth-order valence-corrected chi connectivity index (χ4v) is 1.95. The Morgan fingerprint density at radius 3 is 2.71 bits per heavy atom. The molecule has 0 spiro atoms. The second kappa shape index (κ2) is 8.32. The van der Waals surface area contributed by atoms with E-state index < -0.39 is 7.60 Å². The average Bonchev–Trinajstić information content (AvgIpc) is 2.18. The van der Waals surface area contributed by atoms with Gasteiger partial charge in [0.1, 0.15) is 0 Å². The van der Waals surface area contributed by atoms with Gasteiger partial charge in [0.2, 0.25) is 0 Å². The first-order valence-electron chi connectivity index (χ1n) is 4.63. The molecule has 86 valence electrons. The van der Waals surface area contributed by atoms with Crippen molar-refractivity contribution in [2.45, 2.75) is 13.3 Å². The Hall–Kier alpha value is -0.0000000000000000278. The number of hydrogen-bond donors (Lipinski definition) is 2. The molecule has 5 nitrogen and oxygen atoms in total. The standard InChI is InChI=1S/C7H18FN2O3P/c1-2-12-14(11,13-8)7-6-10-5-3-4-9/h10H,2-7,9H2,1H3. The van der Waals surface area contributed by atoms with Crippen molar-refractivity contribution in [1.82, 2.24) is 5.32 Å². The van der Waals surface area contributed by atoms with Crippen molar-refractivity contribution in [3.8, 4) is 0 Å². The molecule has 0 aliphatic rings. The van der Waals surface area contributed by atoms with Crippen molar-refractivity contribution < 1.29 is 18.3 Å². The monoisotopic (exact) mass is 228 g/mol.